The van der Waals surface area contributed by atoms with Crippen molar-refractivity contribution >= 4 is 28.3 Å². The average Bonchev–Trinajstić information content (AvgIpc) is 3.22. The summed E-state index contributed by atoms with van der Waals surface area (Å²) in [7, 11) is 0. The Morgan fingerprint density at radius 3 is 2.81 bits per heavy atom. The summed E-state index contributed by atoms with van der Waals surface area (Å²) in [5.74, 6) is 1.88. The molecule has 1 amide bonds. The molecule has 0 fully saturated rings. The summed E-state index contributed by atoms with van der Waals surface area (Å²) < 4.78 is 16.7. The van der Waals surface area contributed by atoms with E-state index in [2.05, 4.69) is 10.3 Å². The standard InChI is InChI=1S/C20H16N2O4/c1-11-14-8-18-19(25-10-24-18)9-15(14)22-20(23)16(21-11)7-13-6-12-4-2-3-5-17(12)26-13/h2-6,8-9,16H,7,10H2,1H3,(H,22,23). The van der Waals surface area contributed by atoms with Gasteiger partial charge in [0.15, 0.2) is 11.5 Å². The van der Waals surface area contributed by atoms with Gasteiger partial charge in [-0.1, -0.05) is 18.2 Å². The molecule has 26 heavy (non-hydrogen) atoms. The average molecular weight is 348 g/mol. The Morgan fingerprint density at radius 1 is 1.15 bits per heavy atom. The predicted molar refractivity (Wildman–Crippen MR) is 97.1 cm³/mol. The lowest BCUT2D eigenvalue weighted by molar-refractivity contribution is -0.117. The molecule has 130 valence electrons. The van der Waals surface area contributed by atoms with E-state index in [1.165, 1.54) is 0 Å². The first-order valence-corrected chi connectivity index (χ1v) is 8.44. The molecule has 0 saturated carbocycles. The van der Waals surface area contributed by atoms with Crippen LogP contribution in [0.3, 0.4) is 0 Å². The molecule has 2 aliphatic heterocycles. The highest BCUT2D eigenvalue weighted by Gasteiger charge is 2.27. The lowest BCUT2D eigenvalue weighted by Gasteiger charge is -2.10. The molecular weight excluding hydrogens is 332 g/mol. The number of fused-ring (bicyclic) bond motifs is 3. The number of nitrogens with one attached hydrogen (secondary N) is 1. The number of anilines is 1. The van der Waals surface area contributed by atoms with Gasteiger partial charge in [-0.15, -0.1) is 0 Å². The highest BCUT2D eigenvalue weighted by atomic mass is 16.7. The Balaban J connectivity index is 1.49. The Hall–Kier alpha value is -3.28. The Labute approximate surface area is 149 Å². The number of benzene rings is 2. The largest absolute Gasteiger partial charge is 0.461 e. The van der Waals surface area contributed by atoms with Crippen molar-refractivity contribution in [1.82, 2.24) is 0 Å². The Bertz CT molecular complexity index is 1030. The van der Waals surface area contributed by atoms with Crippen LogP contribution in [-0.2, 0) is 11.2 Å². The summed E-state index contributed by atoms with van der Waals surface area (Å²) in [4.78, 5) is 17.3. The minimum absolute atomic E-state index is 0.164. The summed E-state index contributed by atoms with van der Waals surface area (Å²) in [5.41, 5.74) is 3.12. The third kappa shape index (κ3) is 2.42. The normalized spacial score (nSPS) is 18.3. The van der Waals surface area contributed by atoms with Gasteiger partial charge >= 0.3 is 0 Å². The third-order valence-electron chi connectivity index (χ3n) is 4.68. The maximum Gasteiger partial charge on any atom is 0.249 e. The fraction of sp³-hybridized carbons (Fsp3) is 0.200. The van der Waals surface area contributed by atoms with Crippen molar-refractivity contribution < 1.29 is 18.7 Å². The van der Waals surface area contributed by atoms with Gasteiger partial charge in [-0.05, 0) is 25.1 Å². The molecule has 0 bridgehead atoms. The van der Waals surface area contributed by atoms with Crippen molar-refractivity contribution in [2.45, 2.75) is 19.4 Å². The Morgan fingerprint density at radius 2 is 1.96 bits per heavy atom. The lowest BCUT2D eigenvalue weighted by atomic mass is 10.1. The van der Waals surface area contributed by atoms with Gasteiger partial charge in [-0.2, -0.15) is 0 Å². The van der Waals surface area contributed by atoms with Gasteiger partial charge in [0.25, 0.3) is 0 Å². The molecule has 5 rings (SSSR count). The predicted octanol–water partition coefficient (Wildman–Crippen LogP) is 3.53. The van der Waals surface area contributed by atoms with Crippen molar-refractivity contribution in [3.05, 3.63) is 53.8 Å². The van der Waals surface area contributed by atoms with Gasteiger partial charge in [0.2, 0.25) is 12.7 Å². The van der Waals surface area contributed by atoms with E-state index in [1.54, 1.807) is 6.07 Å². The van der Waals surface area contributed by atoms with Gasteiger partial charge in [0, 0.05) is 29.1 Å². The topological polar surface area (TPSA) is 73.1 Å². The molecule has 1 aromatic heterocycles. The highest BCUT2D eigenvalue weighted by molar-refractivity contribution is 6.11. The number of nitrogens with zero attached hydrogens (tertiary/aromatic N) is 1. The van der Waals surface area contributed by atoms with Crippen LogP contribution in [0.15, 0.2) is 51.9 Å². The van der Waals surface area contributed by atoms with Gasteiger partial charge < -0.3 is 19.2 Å². The number of ether oxygens (including phenoxy) is 2. The van der Waals surface area contributed by atoms with Crippen LogP contribution in [0.1, 0.15) is 18.2 Å². The minimum atomic E-state index is -0.556. The quantitative estimate of drug-likeness (QED) is 0.769. The molecule has 3 aromatic rings. The zero-order valence-electron chi connectivity index (χ0n) is 14.1. The molecular formula is C20H16N2O4. The van der Waals surface area contributed by atoms with E-state index in [0.717, 1.165) is 28.0 Å². The van der Waals surface area contributed by atoms with E-state index < -0.39 is 6.04 Å². The molecule has 3 heterocycles. The maximum absolute atomic E-state index is 12.7. The fourth-order valence-corrected chi connectivity index (χ4v) is 3.39. The summed E-state index contributed by atoms with van der Waals surface area (Å²) in [6.45, 7) is 2.09. The molecule has 1 N–H and O–H groups in total. The van der Waals surface area contributed by atoms with Crippen molar-refractivity contribution in [2.24, 2.45) is 4.99 Å². The molecule has 1 atom stereocenters. The molecule has 0 aliphatic carbocycles. The molecule has 0 radical (unpaired) electrons. The molecule has 0 saturated heterocycles. The number of carbonyl (C=O) groups is 1. The van der Waals surface area contributed by atoms with Crippen LogP contribution in [-0.4, -0.2) is 24.5 Å². The summed E-state index contributed by atoms with van der Waals surface area (Å²) in [6.07, 6.45) is 0.401. The smallest absolute Gasteiger partial charge is 0.249 e. The third-order valence-corrected chi connectivity index (χ3v) is 4.68. The second-order valence-corrected chi connectivity index (χ2v) is 6.43. The number of carbonyl (C=O) groups excluding carboxylic acids is 1. The van der Waals surface area contributed by atoms with Crippen LogP contribution in [0.5, 0.6) is 11.5 Å². The van der Waals surface area contributed by atoms with Crippen LogP contribution < -0.4 is 14.8 Å². The van der Waals surface area contributed by atoms with Crippen LogP contribution in [0, 0.1) is 0 Å². The van der Waals surface area contributed by atoms with E-state index in [1.807, 2.05) is 43.3 Å². The Kier molecular flexibility index (Phi) is 3.25. The number of furan rings is 1. The number of hydrogen-bond donors (Lipinski definition) is 1. The highest BCUT2D eigenvalue weighted by Crippen LogP contribution is 2.38. The zero-order valence-corrected chi connectivity index (χ0v) is 14.1. The van der Waals surface area contributed by atoms with E-state index in [0.29, 0.717) is 23.6 Å². The van der Waals surface area contributed by atoms with E-state index in [9.17, 15) is 4.79 Å². The monoisotopic (exact) mass is 348 g/mol. The van der Waals surface area contributed by atoms with E-state index in [-0.39, 0.29) is 12.7 Å². The van der Waals surface area contributed by atoms with Gasteiger partial charge in [-0.25, -0.2) is 0 Å². The second-order valence-electron chi connectivity index (χ2n) is 6.43. The van der Waals surface area contributed by atoms with E-state index in [4.69, 9.17) is 13.9 Å². The summed E-state index contributed by atoms with van der Waals surface area (Å²) in [5, 5.41) is 3.98. The molecule has 6 heteroatoms. The van der Waals surface area contributed by atoms with Crippen molar-refractivity contribution in [3.8, 4) is 11.5 Å². The summed E-state index contributed by atoms with van der Waals surface area (Å²) in [6, 6.07) is 12.8. The molecule has 0 spiro atoms. The number of amides is 1. The number of para-hydroxylation sites is 1. The van der Waals surface area contributed by atoms with Crippen LogP contribution in [0.2, 0.25) is 0 Å². The van der Waals surface area contributed by atoms with Gasteiger partial charge in [0.1, 0.15) is 17.4 Å². The van der Waals surface area contributed by atoms with Crippen molar-refractivity contribution in [2.75, 3.05) is 12.1 Å². The molecule has 6 nitrogen and oxygen atoms in total. The van der Waals surface area contributed by atoms with E-state index >= 15 is 0 Å². The molecule has 2 aromatic carbocycles. The first-order chi connectivity index (χ1) is 12.7. The fourth-order valence-electron chi connectivity index (χ4n) is 3.39. The van der Waals surface area contributed by atoms with Crippen LogP contribution in [0.4, 0.5) is 5.69 Å². The van der Waals surface area contributed by atoms with Crippen LogP contribution in [0.25, 0.3) is 11.0 Å². The van der Waals surface area contributed by atoms with Crippen molar-refractivity contribution in [1.29, 1.82) is 0 Å². The molecule has 1 unspecified atom stereocenters. The number of rotatable bonds is 2. The number of aliphatic imine (C=N–C) groups is 1. The maximum atomic E-state index is 12.7. The van der Waals surface area contributed by atoms with Crippen LogP contribution >= 0.6 is 0 Å². The lowest BCUT2D eigenvalue weighted by Crippen LogP contribution is -2.27. The first-order valence-electron chi connectivity index (χ1n) is 8.44. The zero-order chi connectivity index (χ0) is 17.7. The first kappa shape index (κ1) is 15.0. The van der Waals surface area contributed by atoms with Gasteiger partial charge in [0.05, 0.1) is 5.69 Å². The second kappa shape index (κ2) is 5.62. The summed E-state index contributed by atoms with van der Waals surface area (Å²) >= 11 is 0. The number of hydrogen-bond acceptors (Lipinski definition) is 5. The minimum Gasteiger partial charge on any atom is -0.461 e. The van der Waals surface area contributed by atoms with Crippen molar-refractivity contribution in [3.63, 3.8) is 0 Å². The molecule has 2 aliphatic rings. The van der Waals surface area contributed by atoms with Gasteiger partial charge in [-0.3, -0.25) is 9.79 Å². The SMILES string of the molecule is CC1=NC(Cc2cc3ccccc3o2)C(=O)Nc2cc3c(cc21)OCO3.